The lowest BCUT2D eigenvalue weighted by Gasteiger charge is -2.25. The standard InChI is InChI=1S/C19H21NO3/c1-21-16-11-14-9-10-20-18(15(14)12-17(16)22-2)19(23-3)13-7-5-4-6-8-13/h4-8,11-12,19H,9-10H2,1-3H3. The van der Waals surface area contributed by atoms with Crippen molar-refractivity contribution in [2.24, 2.45) is 4.99 Å². The molecule has 1 atom stereocenters. The Bertz CT molecular complexity index is 710. The molecular formula is C19H21NO3. The largest absolute Gasteiger partial charge is 0.493 e. The zero-order valence-corrected chi connectivity index (χ0v) is 13.7. The molecule has 0 spiro atoms. The number of benzene rings is 2. The van der Waals surface area contributed by atoms with Gasteiger partial charge in [-0.3, -0.25) is 4.99 Å². The fourth-order valence-corrected chi connectivity index (χ4v) is 3.01. The van der Waals surface area contributed by atoms with Gasteiger partial charge in [0.25, 0.3) is 0 Å². The van der Waals surface area contributed by atoms with Gasteiger partial charge < -0.3 is 14.2 Å². The topological polar surface area (TPSA) is 40.0 Å². The summed E-state index contributed by atoms with van der Waals surface area (Å²) < 4.78 is 16.6. The minimum atomic E-state index is -0.187. The molecule has 0 saturated carbocycles. The highest BCUT2D eigenvalue weighted by Gasteiger charge is 2.25. The molecule has 0 aromatic heterocycles. The van der Waals surface area contributed by atoms with Crippen molar-refractivity contribution in [1.82, 2.24) is 0 Å². The molecule has 1 heterocycles. The van der Waals surface area contributed by atoms with E-state index < -0.39 is 0 Å². The Hall–Kier alpha value is -2.33. The molecule has 0 aliphatic carbocycles. The summed E-state index contributed by atoms with van der Waals surface area (Å²) in [5.41, 5.74) is 4.33. The van der Waals surface area contributed by atoms with Crippen LogP contribution in [0.4, 0.5) is 0 Å². The first-order chi connectivity index (χ1) is 11.3. The van der Waals surface area contributed by atoms with Crippen LogP contribution in [0.15, 0.2) is 47.5 Å². The van der Waals surface area contributed by atoms with E-state index in [2.05, 4.69) is 12.1 Å². The lowest BCUT2D eigenvalue weighted by atomic mass is 9.91. The van der Waals surface area contributed by atoms with Crippen LogP contribution in [0, 0.1) is 0 Å². The summed E-state index contributed by atoms with van der Waals surface area (Å²) in [6.07, 6.45) is 0.707. The summed E-state index contributed by atoms with van der Waals surface area (Å²) >= 11 is 0. The van der Waals surface area contributed by atoms with Crippen LogP contribution in [0.2, 0.25) is 0 Å². The maximum absolute atomic E-state index is 5.76. The fourth-order valence-electron chi connectivity index (χ4n) is 3.01. The van der Waals surface area contributed by atoms with Gasteiger partial charge in [-0.2, -0.15) is 0 Å². The van der Waals surface area contributed by atoms with Gasteiger partial charge in [0.15, 0.2) is 11.5 Å². The van der Waals surface area contributed by atoms with E-state index in [1.807, 2.05) is 30.3 Å². The van der Waals surface area contributed by atoms with Crippen LogP contribution < -0.4 is 9.47 Å². The van der Waals surface area contributed by atoms with E-state index in [9.17, 15) is 0 Å². The SMILES string of the molecule is COc1cc2c(cc1OC)C(C(OC)c1ccccc1)=NCC2. The predicted octanol–water partition coefficient (Wildman–Crippen LogP) is 3.44. The quantitative estimate of drug-likeness (QED) is 0.849. The molecule has 0 radical (unpaired) electrons. The Labute approximate surface area is 136 Å². The summed E-state index contributed by atoms with van der Waals surface area (Å²) in [5.74, 6) is 1.46. The minimum Gasteiger partial charge on any atom is -0.493 e. The third kappa shape index (κ3) is 2.94. The molecule has 1 unspecified atom stereocenters. The van der Waals surface area contributed by atoms with Crippen molar-refractivity contribution in [3.8, 4) is 11.5 Å². The molecule has 3 rings (SSSR count). The highest BCUT2D eigenvalue weighted by molar-refractivity contribution is 6.06. The van der Waals surface area contributed by atoms with E-state index in [0.717, 1.165) is 35.6 Å². The number of hydrogen-bond acceptors (Lipinski definition) is 4. The molecule has 4 heteroatoms. The molecule has 23 heavy (non-hydrogen) atoms. The van der Waals surface area contributed by atoms with Crippen LogP contribution in [0.25, 0.3) is 0 Å². The van der Waals surface area contributed by atoms with Crippen molar-refractivity contribution in [2.75, 3.05) is 27.9 Å². The van der Waals surface area contributed by atoms with Gasteiger partial charge in [0.1, 0.15) is 6.10 Å². The number of fused-ring (bicyclic) bond motifs is 1. The zero-order valence-electron chi connectivity index (χ0n) is 13.7. The van der Waals surface area contributed by atoms with Crippen LogP contribution in [0.3, 0.4) is 0 Å². The molecule has 1 aliphatic heterocycles. The van der Waals surface area contributed by atoms with Gasteiger partial charge in [0.2, 0.25) is 0 Å². The molecule has 0 N–H and O–H groups in total. The summed E-state index contributed by atoms with van der Waals surface area (Å²) in [5, 5.41) is 0. The van der Waals surface area contributed by atoms with E-state index in [-0.39, 0.29) is 6.10 Å². The average molecular weight is 311 g/mol. The lowest BCUT2D eigenvalue weighted by molar-refractivity contribution is 0.158. The van der Waals surface area contributed by atoms with E-state index in [0.29, 0.717) is 5.75 Å². The maximum atomic E-state index is 5.76. The maximum Gasteiger partial charge on any atom is 0.161 e. The second-order valence-electron chi connectivity index (χ2n) is 5.41. The van der Waals surface area contributed by atoms with Crippen LogP contribution in [0.5, 0.6) is 11.5 Å². The third-order valence-corrected chi connectivity index (χ3v) is 4.14. The second kappa shape index (κ2) is 6.84. The van der Waals surface area contributed by atoms with Gasteiger partial charge in [-0.1, -0.05) is 30.3 Å². The molecule has 0 amide bonds. The molecule has 4 nitrogen and oxygen atoms in total. The number of rotatable bonds is 5. The second-order valence-corrected chi connectivity index (χ2v) is 5.41. The van der Waals surface area contributed by atoms with Crippen molar-refractivity contribution in [2.45, 2.75) is 12.5 Å². The molecule has 0 bridgehead atoms. The van der Waals surface area contributed by atoms with Gasteiger partial charge in [0.05, 0.1) is 19.9 Å². The monoisotopic (exact) mass is 311 g/mol. The van der Waals surface area contributed by atoms with E-state index >= 15 is 0 Å². The minimum absolute atomic E-state index is 0.187. The number of ether oxygens (including phenoxy) is 3. The molecular weight excluding hydrogens is 290 g/mol. The van der Waals surface area contributed by atoms with Crippen molar-refractivity contribution in [3.63, 3.8) is 0 Å². The molecule has 120 valence electrons. The summed E-state index contributed by atoms with van der Waals surface area (Å²) in [6, 6.07) is 14.2. The Kier molecular flexibility index (Phi) is 4.63. The van der Waals surface area contributed by atoms with Gasteiger partial charge in [-0.15, -0.1) is 0 Å². The Balaban J connectivity index is 2.07. The Morgan fingerprint density at radius 1 is 0.957 bits per heavy atom. The molecule has 2 aromatic carbocycles. The first kappa shape index (κ1) is 15.6. The van der Waals surface area contributed by atoms with Crippen LogP contribution >= 0.6 is 0 Å². The summed E-state index contributed by atoms with van der Waals surface area (Å²) in [4.78, 5) is 4.74. The van der Waals surface area contributed by atoms with E-state index in [1.54, 1.807) is 21.3 Å². The van der Waals surface area contributed by atoms with Crippen LogP contribution in [-0.4, -0.2) is 33.6 Å². The van der Waals surface area contributed by atoms with Gasteiger partial charge in [-0.25, -0.2) is 0 Å². The van der Waals surface area contributed by atoms with Crippen molar-refractivity contribution < 1.29 is 14.2 Å². The summed E-state index contributed by atoms with van der Waals surface area (Å²) in [6.45, 7) is 0.754. The van der Waals surface area contributed by atoms with E-state index in [4.69, 9.17) is 19.2 Å². The van der Waals surface area contributed by atoms with Gasteiger partial charge in [-0.05, 0) is 29.7 Å². The van der Waals surface area contributed by atoms with Crippen molar-refractivity contribution in [1.29, 1.82) is 0 Å². The van der Waals surface area contributed by atoms with E-state index in [1.165, 1.54) is 5.56 Å². The fraction of sp³-hybridized carbons (Fsp3) is 0.316. The highest BCUT2D eigenvalue weighted by atomic mass is 16.5. The number of aliphatic imine (C=N–C) groups is 1. The number of methoxy groups -OCH3 is 3. The van der Waals surface area contributed by atoms with Crippen molar-refractivity contribution in [3.05, 3.63) is 59.2 Å². The smallest absolute Gasteiger partial charge is 0.161 e. The van der Waals surface area contributed by atoms with Gasteiger partial charge in [0, 0.05) is 19.2 Å². The molecule has 1 aliphatic rings. The normalized spacial score (nSPS) is 14.7. The average Bonchev–Trinajstić information content (AvgIpc) is 2.62. The summed E-state index contributed by atoms with van der Waals surface area (Å²) in [7, 11) is 5.02. The first-order valence-corrected chi connectivity index (χ1v) is 7.65. The number of hydrogen-bond donors (Lipinski definition) is 0. The van der Waals surface area contributed by atoms with Crippen molar-refractivity contribution >= 4 is 5.71 Å². The van der Waals surface area contributed by atoms with Crippen LogP contribution in [-0.2, 0) is 11.2 Å². The van der Waals surface area contributed by atoms with Gasteiger partial charge >= 0.3 is 0 Å². The number of nitrogens with zero attached hydrogens (tertiary/aromatic N) is 1. The van der Waals surface area contributed by atoms with Crippen LogP contribution in [0.1, 0.15) is 22.8 Å². The third-order valence-electron chi connectivity index (χ3n) is 4.14. The predicted molar refractivity (Wildman–Crippen MR) is 90.8 cm³/mol. The molecule has 2 aromatic rings. The lowest BCUT2D eigenvalue weighted by Crippen LogP contribution is -2.22. The first-order valence-electron chi connectivity index (χ1n) is 7.65. The molecule has 0 saturated heterocycles. The highest BCUT2D eigenvalue weighted by Crippen LogP contribution is 2.35. The Morgan fingerprint density at radius 2 is 1.65 bits per heavy atom. The zero-order chi connectivity index (χ0) is 16.2. The molecule has 0 fully saturated rings. The Morgan fingerprint density at radius 3 is 2.30 bits per heavy atom.